The Morgan fingerprint density at radius 3 is 2.52 bits per heavy atom. The minimum atomic E-state index is -0.250. The van der Waals surface area contributed by atoms with E-state index in [1.165, 1.54) is 16.7 Å². The first-order valence-electron chi connectivity index (χ1n) is 10.8. The van der Waals surface area contributed by atoms with E-state index in [-0.39, 0.29) is 12.4 Å². The zero-order chi connectivity index (χ0) is 23.4. The first kappa shape index (κ1) is 26.0. The largest absolute Gasteiger partial charge is 0.483 e. The number of nitrogens with one attached hydrogen (secondary N) is 1. The van der Waals surface area contributed by atoms with Crippen LogP contribution in [0.25, 0.3) is 6.08 Å². The Hall–Kier alpha value is -3.08. The van der Waals surface area contributed by atoms with Crippen molar-refractivity contribution in [1.29, 1.82) is 0 Å². The first-order valence-corrected chi connectivity index (χ1v) is 10.8. The Labute approximate surface area is 186 Å². The average molecular weight is 425 g/mol. The molecular formula is C26H36N2O3. The Morgan fingerprint density at radius 1 is 1.26 bits per heavy atom. The lowest BCUT2D eigenvalue weighted by molar-refractivity contribution is -0.123. The molecule has 168 valence electrons. The second-order valence-electron chi connectivity index (χ2n) is 7.63. The number of carbonyl (C=O) groups excluding carboxylic acids is 1. The average Bonchev–Trinajstić information content (AvgIpc) is 2.74. The van der Waals surface area contributed by atoms with E-state index in [9.17, 15) is 4.79 Å². The highest BCUT2D eigenvalue weighted by atomic mass is 16.3. The molecule has 1 atom stereocenters. The van der Waals surface area contributed by atoms with Crippen molar-refractivity contribution in [2.24, 2.45) is 5.92 Å². The van der Waals surface area contributed by atoms with E-state index in [1.54, 1.807) is 7.05 Å². The van der Waals surface area contributed by atoms with Crippen LogP contribution in [0.1, 0.15) is 57.2 Å². The number of nitrogens with zero attached hydrogens (tertiary/aromatic N) is 1. The second kappa shape index (κ2) is 13.3. The summed E-state index contributed by atoms with van der Waals surface area (Å²) in [6.07, 6.45) is 12.8. The molecule has 0 aromatic heterocycles. The van der Waals surface area contributed by atoms with E-state index >= 15 is 0 Å². The van der Waals surface area contributed by atoms with Gasteiger partial charge in [-0.2, -0.15) is 0 Å². The van der Waals surface area contributed by atoms with Crippen LogP contribution in [0.2, 0.25) is 0 Å². The molecule has 1 heterocycles. The molecule has 0 saturated carbocycles. The van der Waals surface area contributed by atoms with Crippen LogP contribution >= 0.6 is 0 Å². The summed E-state index contributed by atoms with van der Waals surface area (Å²) >= 11 is 0. The van der Waals surface area contributed by atoms with Gasteiger partial charge in [-0.05, 0) is 54.5 Å². The predicted molar refractivity (Wildman–Crippen MR) is 128 cm³/mol. The van der Waals surface area contributed by atoms with Crippen LogP contribution in [0.3, 0.4) is 0 Å². The Bertz CT molecular complexity index is 879. The molecule has 0 bridgehead atoms. The van der Waals surface area contributed by atoms with E-state index in [4.69, 9.17) is 9.90 Å². The van der Waals surface area contributed by atoms with Crippen molar-refractivity contribution in [3.05, 3.63) is 76.2 Å². The van der Waals surface area contributed by atoms with Crippen LogP contribution in [0, 0.1) is 12.8 Å². The maximum atomic E-state index is 12.4. The number of aryl methyl sites for hydroxylation is 1. The van der Waals surface area contributed by atoms with Gasteiger partial charge in [-0.1, -0.05) is 63.6 Å². The highest BCUT2D eigenvalue weighted by Gasteiger charge is 2.22. The van der Waals surface area contributed by atoms with Gasteiger partial charge in [-0.15, -0.1) is 0 Å². The van der Waals surface area contributed by atoms with Gasteiger partial charge in [0, 0.05) is 25.5 Å². The minimum absolute atomic E-state index is 0.0433. The summed E-state index contributed by atoms with van der Waals surface area (Å²) in [5.41, 5.74) is 6.61. The third-order valence-corrected chi connectivity index (χ3v) is 5.18. The van der Waals surface area contributed by atoms with Gasteiger partial charge in [0.25, 0.3) is 12.4 Å². The second-order valence-corrected chi connectivity index (χ2v) is 7.63. The summed E-state index contributed by atoms with van der Waals surface area (Å²) in [7, 11) is 1.68. The quantitative estimate of drug-likeness (QED) is 0.572. The summed E-state index contributed by atoms with van der Waals surface area (Å²) in [5, 5.41) is 9.66. The van der Waals surface area contributed by atoms with E-state index in [2.05, 4.69) is 80.5 Å². The smallest absolute Gasteiger partial charge is 0.290 e. The lowest BCUT2D eigenvalue weighted by Gasteiger charge is -2.30. The standard InChI is InChI=1S/C25H34N2O.CH2O2/c1-7-10-24-23(25(28)26-6)15-19(4)16-27(24)17-21-12-9-11-20(5)22(21)14-13-18(3)8-2;2-1-3/h9-16,18H,7-8,17H2,1-6H3,(H,26,28);1H,(H,2,3)/b14-13-,24-10+;. The number of likely N-dealkylation sites (N-methyl/N-ethyl adjacent to an activating group) is 1. The van der Waals surface area contributed by atoms with E-state index < -0.39 is 0 Å². The van der Waals surface area contributed by atoms with Crippen molar-refractivity contribution in [1.82, 2.24) is 10.2 Å². The molecule has 0 saturated heterocycles. The Balaban J connectivity index is 0.00000151. The van der Waals surface area contributed by atoms with E-state index in [1.807, 2.05) is 13.0 Å². The van der Waals surface area contributed by atoms with Crippen molar-refractivity contribution >= 4 is 18.5 Å². The fourth-order valence-corrected chi connectivity index (χ4v) is 3.37. The number of carbonyl (C=O) groups is 2. The molecule has 0 aliphatic carbocycles. The highest BCUT2D eigenvalue weighted by molar-refractivity contribution is 5.98. The maximum absolute atomic E-state index is 12.4. The fraction of sp³-hybridized carbons (Fsp3) is 0.385. The van der Waals surface area contributed by atoms with Crippen LogP contribution in [-0.2, 0) is 16.1 Å². The van der Waals surface area contributed by atoms with E-state index in [0.29, 0.717) is 5.92 Å². The van der Waals surface area contributed by atoms with Crippen LogP contribution in [0.5, 0.6) is 0 Å². The van der Waals surface area contributed by atoms with Crippen LogP contribution in [-0.4, -0.2) is 29.4 Å². The summed E-state index contributed by atoms with van der Waals surface area (Å²) in [6.45, 7) is 11.2. The normalized spacial score (nSPS) is 15.7. The monoisotopic (exact) mass is 424 g/mol. The number of rotatable bonds is 7. The third kappa shape index (κ3) is 7.59. The van der Waals surface area contributed by atoms with Crippen molar-refractivity contribution < 1.29 is 14.7 Å². The van der Waals surface area contributed by atoms with Crippen LogP contribution < -0.4 is 5.32 Å². The fourth-order valence-electron chi connectivity index (χ4n) is 3.37. The number of carboxylic acid groups (broad SMARTS) is 1. The first-order chi connectivity index (χ1) is 14.8. The van der Waals surface area contributed by atoms with E-state index in [0.717, 1.165) is 36.2 Å². The van der Waals surface area contributed by atoms with Crippen LogP contribution in [0.15, 0.2) is 59.5 Å². The molecule has 1 aromatic rings. The molecule has 31 heavy (non-hydrogen) atoms. The van der Waals surface area contributed by atoms with Gasteiger partial charge in [0.2, 0.25) is 0 Å². The maximum Gasteiger partial charge on any atom is 0.290 e. The molecule has 1 aromatic carbocycles. The van der Waals surface area contributed by atoms with Gasteiger partial charge in [0.15, 0.2) is 0 Å². The number of allylic oxidation sites excluding steroid dienone is 4. The zero-order valence-corrected chi connectivity index (χ0v) is 19.6. The van der Waals surface area contributed by atoms with Gasteiger partial charge in [0.1, 0.15) is 0 Å². The lowest BCUT2D eigenvalue weighted by atomic mass is 9.97. The van der Waals surface area contributed by atoms with Gasteiger partial charge in [-0.3, -0.25) is 9.59 Å². The molecule has 1 aliphatic rings. The molecule has 1 aliphatic heterocycles. The minimum Gasteiger partial charge on any atom is -0.483 e. The van der Waals surface area contributed by atoms with Crippen molar-refractivity contribution in [2.75, 3.05) is 7.05 Å². The highest BCUT2D eigenvalue weighted by Crippen LogP contribution is 2.28. The molecule has 0 spiro atoms. The molecule has 2 rings (SSSR count). The molecule has 1 amide bonds. The van der Waals surface area contributed by atoms with Crippen molar-refractivity contribution in [2.45, 2.75) is 54.0 Å². The van der Waals surface area contributed by atoms with Gasteiger partial charge in [-0.25, -0.2) is 0 Å². The zero-order valence-electron chi connectivity index (χ0n) is 19.6. The molecule has 5 heteroatoms. The van der Waals surface area contributed by atoms with Crippen molar-refractivity contribution in [3.8, 4) is 0 Å². The topological polar surface area (TPSA) is 69.6 Å². The summed E-state index contributed by atoms with van der Waals surface area (Å²) in [5.74, 6) is 0.515. The van der Waals surface area contributed by atoms with Gasteiger partial charge in [0.05, 0.1) is 5.57 Å². The molecule has 0 fully saturated rings. The lowest BCUT2D eigenvalue weighted by Crippen LogP contribution is -2.29. The Kier molecular flexibility index (Phi) is 11.1. The molecule has 0 radical (unpaired) electrons. The van der Waals surface area contributed by atoms with Gasteiger partial charge >= 0.3 is 0 Å². The summed E-state index contributed by atoms with van der Waals surface area (Å²) in [4.78, 5) is 23.0. The van der Waals surface area contributed by atoms with Crippen molar-refractivity contribution in [3.63, 3.8) is 0 Å². The number of benzene rings is 1. The molecular weight excluding hydrogens is 388 g/mol. The summed E-state index contributed by atoms with van der Waals surface area (Å²) < 4.78 is 0. The van der Waals surface area contributed by atoms with Gasteiger partial charge < -0.3 is 15.3 Å². The summed E-state index contributed by atoms with van der Waals surface area (Å²) in [6, 6.07) is 6.47. The SMILES string of the molecule is CC/C=C1\C(C(=O)NC)=CC(C)=CN1Cc1cccc(C)c1/C=C\C(C)CC.O=CO. The predicted octanol–water partition coefficient (Wildman–Crippen LogP) is 5.44. The van der Waals surface area contributed by atoms with Crippen LogP contribution in [0.4, 0.5) is 0 Å². The number of amides is 1. The number of hydrogen-bond acceptors (Lipinski definition) is 3. The Morgan fingerprint density at radius 2 is 1.94 bits per heavy atom. The third-order valence-electron chi connectivity index (χ3n) is 5.18. The number of hydrogen-bond donors (Lipinski definition) is 2. The molecule has 1 unspecified atom stereocenters. The molecule has 5 nitrogen and oxygen atoms in total. The molecule has 2 N–H and O–H groups in total.